The van der Waals surface area contributed by atoms with Gasteiger partial charge in [0, 0.05) is 54.5 Å². The molecular formula is C59H37N3O. The van der Waals surface area contributed by atoms with Gasteiger partial charge in [-0.1, -0.05) is 158 Å². The number of rotatable bonds is 4. The molecule has 294 valence electrons. The number of furan rings is 1. The number of hydrogen-bond donors (Lipinski definition) is 0. The first-order valence-corrected chi connectivity index (χ1v) is 21.8. The number of para-hydroxylation sites is 3. The van der Waals surface area contributed by atoms with Gasteiger partial charge >= 0.3 is 0 Å². The van der Waals surface area contributed by atoms with E-state index in [4.69, 9.17) is 9.41 Å². The summed E-state index contributed by atoms with van der Waals surface area (Å²) in [5.74, 6) is 0.853. The van der Waals surface area contributed by atoms with Gasteiger partial charge in [-0.15, -0.1) is 0 Å². The van der Waals surface area contributed by atoms with Crippen LogP contribution in [0.5, 0.6) is 0 Å². The minimum absolute atomic E-state index is 0.852. The van der Waals surface area contributed by atoms with Crippen LogP contribution >= 0.6 is 0 Å². The maximum Gasteiger partial charge on any atom is 0.157 e. The fraction of sp³-hybridized carbons (Fsp3) is 0.0339. The molecular weight excluding hydrogens is 767 g/mol. The van der Waals surface area contributed by atoms with E-state index in [1.807, 2.05) is 6.07 Å². The standard InChI is InChI=1S/C59H37N3O/c1-2-13-36(14-3-1)37-25-27-40(28-26-37)57-59-45(44-18-8-11-24-53(44)63-59)20-12-21-48(60-57)39-29-32-41(33-30-39)61-51-34-31-38-15-4-5-16-42(38)54(51)56-52(61)35-47-43-17-6-9-22-49(43)62-50-23-10-7-19-46(50)55(56)58(47)62/h1-11,13-19,21-35H,12,20H2. The van der Waals surface area contributed by atoms with Gasteiger partial charge in [-0.2, -0.15) is 0 Å². The summed E-state index contributed by atoms with van der Waals surface area (Å²) >= 11 is 0. The van der Waals surface area contributed by atoms with E-state index in [1.165, 1.54) is 87.4 Å². The Kier molecular flexibility index (Phi) is 7.20. The first-order chi connectivity index (χ1) is 31.3. The lowest BCUT2D eigenvalue weighted by atomic mass is 9.96. The van der Waals surface area contributed by atoms with E-state index in [-0.39, 0.29) is 0 Å². The van der Waals surface area contributed by atoms with Crippen molar-refractivity contribution in [1.82, 2.24) is 8.97 Å². The highest BCUT2D eigenvalue weighted by atomic mass is 16.3. The number of aliphatic imine (C=N–C) groups is 1. The molecule has 4 nitrogen and oxygen atoms in total. The lowest BCUT2D eigenvalue weighted by molar-refractivity contribution is 0.599. The summed E-state index contributed by atoms with van der Waals surface area (Å²) < 4.78 is 11.7. The van der Waals surface area contributed by atoms with Crippen LogP contribution in [0.25, 0.3) is 104 Å². The molecule has 13 aromatic rings. The second kappa shape index (κ2) is 13.1. The second-order valence-electron chi connectivity index (χ2n) is 16.9. The Labute approximate surface area is 362 Å². The fourth-order valence-corrected chi connectivity index (χ4v) is 10.8. The summed E-state index contributed by atoms with van der Waals surface area (Å²) in [7, 11) is 0. The Hall–Kier alpha value is -8.21. The first kappa shape index (κ1) is 34.5. The molecule has 14 rings (SSSR count). The van der Waals surface area contributed by atoms with Crippen molar-refractivity contribution in [3.63, 3.8) is 0 Å². The number of fused-ring (bicyclic) bond motifs is 15. The van der Waals surface area contributed by atoms with Crippen LogP contribution in [0.3, 0.4) is 0 Å². The van der Waals surface area contributed by atoms with Crippen molar-refractivity contribution in [3.05, 3.63) is 223 Å². The van der Waals surface area contributed by atoms with E-state index in [2.05, 4.69) is 203 Å². The molecule has 0 spiro atoms. The predicted molar refractivity (Wildman–Crippen MR) is 263 cm³/mol. The summed E-state index contributed by atoms with van der Waals surface area (Å²) in [5.41, 5.74) is 15.7. The van der Waals surface area contributed by atoms with E-state index in [0.717, 1.165) is 57.8 Å². The Balaban J connectivity index is 0.976. The molecule has 0 N–H and O–H groups in total. The molecule has 0 fully saturated rings. The molecule has 1 aliphatic rings. The summed E-state index contributed by atoms with van der Waals surface area (Å²) in [5, 5.41) is 11.4. The van der Waals surface area contributed by atoms with Crippen LogP contribution in [-0.4, -0.2) is 14.7 Å². The van der Waals surface area contributed by atoms with Crippen LogP contribution in [0.4, 0.5) is 0 Å². The van der Waals surface area contributed by atoms with Crippen LogP contribution in [0.1, 0.15) is 28.9 Å². The lowest BCUT2D eigenvalue weighted by Gasteiger charge is -2.14. The Bertz CT molecular complexity index is 4050. The van der Waals surface area contributed by atoms with Crippen LogP contribution in [0, 0.1) is 0 Å². The van der Waals surface area contributed by atoms with Gasteiger partial charge < -0.3 is 13.4 Å². The Morgan fingerprint density at radius 2 is 1.10 bits per heavy atom. The molecule has 0 aliphatic carbocycles. The monoisotopic (exact) mass is 803 g/mol. The number of aromatic nitrogens is 2. The molecule has 0 unspecified atom stereocenters. The van der Waals surface area contributed by atoms with E-state index in [0.29, 0.717) is 0 Å². The third kappa shape index (κ3) is 4.95. The molecule has 0 amide bonds. The smallest absolute Gasteiger partial charge is 0.157 e. The molecule has 0 saturated heterocycles. The molecule has 5 heterocycles. The minimum atomic E-state index is 0.852. The van der Waals surface area contributed by atoms with E-state index in [1.54, 1.807) is 0 Å². The SMILES string of the molecule is C1=C(c2ccc(-n3c4ccc5ccccc5c4c4c5c6ccccc6n6c7ccccc7c(cc43)c56)cc2)N=C(c2ccc(-c3ccccc3)cc2)c2oc3ccccc3c2CC1. The molecule has 0 bridgehead atoms. The number of allylic oxidation sites excluding steroid dienone is 1. The van der Waals surface area contributed by atoms with Gasteiger partial charge in [0.25, 0.3) is 0 Å². The van der Waals surface area contributed by atoms with Crippen LogP contribution in [0.15, 0.2) is 210 Å². The third-order valence-corrected chi connectivity index (χ3v) is 13.6. The van der Waals surface area contributed by atoms with Crippen molar-refractivity contribution >= 4 is 93.1 Å². The lowest BCUT2D eigenvalue weighted by Crippen LogP contribution is -2.08. The van der Waals surface area contributed by atoms with Gasteiger partial charge in [0.05, 0.1) is 33.3 Å². The number of aryl methyl sites for hydroxylation is 1. The molecule has 9 aromatic carbocycles. The summed E-state index contributed by atoms with van der Waals surface area (Å²) in [6.45, 7) is 0. The molecule has 63 heavy (non-hydrogen) atoms. The average Bonchev–Trinajstić information content (AvgIpc) is 4.08. The zero-order valence-corrected chi connectivity index (χ0v) is 34.2. The Morgan fingerprint density at radius 1 is 0.444 bits per heavy atom. The average molecular weight is 804 g/mol. The largest absolute Gasteiger partial charge is 0.454 e. The molecule has 0 atom stereocenters. The quantitative estimate of drug-likeness (QED) is 0.174. The number of nitrogens with zero attached hydrogens (tertiary/aromatic N) is 3. The van der Waals surface area contributed by atoms with Crippen LogP contribution in [0.2, 0.25) is 0 Å². The zero-order valence-electron chi connectivity index (χ0n) is 34.2. The van der Waals surface area contributed by atoms with Gasteiger partial charge in [0.1, 0.15) is 11.3 Å². The van der Waals surface area contributed by atoms with Crippen molar-refractivity contribution in [3.8, 4) is 16.8 Å². The van der Waals surface area contributed by atoms with Gasteiger partial charge in [0.2, 0.25) is 0 Å². The second-order valence-corrected chi connectivity index (χ2v) is 16.9. The van der Waals surface area contributed by atoms with Crippen LogP contribution < -0.4 is 0 Å². The van der Waals surface area contributed by atoms with Gasteiger partial charge in [-0.3, -0.25) is 0 Å². The molecule has 4 aromatic heterocycles. The van der Waals surface area contributed by atoms with E-state index >= 15 is 0 Å². The number of hydrogen-bond acceptors (Lipinski definition) is 2. The van der Waals surface area contributed by atoms with Gasteiger partial charge in [-0.25, -0.2) is 4.99 Å². The maximum absolute atomic E-state index is 6.71. The van der Waals surface area contributed by atoms with Crippen molar-refractivity contribution in [2.24, 2.45) is 4.99 Å². The summed E-state index contributed by atoms with van der Waals surface area (Å²) in [6, 6.07) is 70.4. The van der Waals surface area contributed by atoms with Gasteiger partial charge in [-0.05, 0) is 82.8 Å². The maximum atomic E-state index is 6.71. The third-order valence-electron chi connectivity index (χ3n) is 13.6. The Morgan fingerprint density at radius 3 is 1.92 bits per heavy atom. The van der Waals surface area contributed by atoms with Crippen LogP contribution in [-0.2, 0) is 6.42 Å². The molecule has 0 saturated carbocycles. The summed E-state index contributed by atoms with van der Waals surface area (Å²) in [6.07, 6.45) is 4.02. The van der Waals surface area contributed by atoms with Crippen molar-refractivity contribution < 1.29 is 4.42 Å². The van der Waals surface area contributed by atoms with Crippen molar-refractivity contribution in [1.29, 1.82) is 0 Å². The highest BCUT2D eigenvalue weighted by Crippen LogP contribution is 2.48. The zero-order chi connectivity index (χ0) is 41.2. The normalized spacial score (nSPS) is 13.5. The van der Waals surface area contributed by atoms with Gasteiger partial charge in [0.15, 0.2) is 5.76 Å². The van der Waals surface area contributed by atoms with E-state index < -0.39 is 0 Å². The van der Waals surface area contributed by atoms with Crippen molar-refractivity contribution in [2.75, 3.05) is 0 Å². The number of benzene rings is 9. The van der Waals surface area contributed by atoms with E-state index in [9.17, 15) is 0 Å². The molecule has 0 radical (unpaired) electrons. The topological polar surface area (TPSA) is 34.8 Å². The first-order valence-electron chi connectivity index (χ1n) is 21.8. The fourth-order valence-electron chi connectivity index (χ4n) is 10.8. The minimum Gasteiger partial charge on any atom is -0.454 e. The molecule has 4 heteroatoms. The highest BCUT2D eigenvalue weighted by Gasteiger charge is 2.26. The summed E-state index contributed by atoms with van der Waals surface area (Å²) in [4.78, 5) is 5.52. The molecule has 1 aliphatic heterocycles. The highest BCUT2D eigenvalue weighted by molar-refractivity contribution is 6.38. The predicted octanol–water partition coefficient (Wildman–Crippen LogP) is 15.3. The van der Waals surface area contributed by atoms with Crippen molar-refractivity contribution in [2.45, 2.75) is 12.8 Å².